The summed E-state index contributed by atoms with van der Waals surface area (Å²) in [6.45, 7) is 0.376. The molecule has 0 aromatic heterocycles. The van der Waals surface area contributed by atoms with Crippen molar-refractivity contribution in [2.24, 2.45) is 0 Å². The summed E-state index contributed by atoms with van der Waals surface area (Å²) in [5, 5.41) is 3.54. The van der Waals surface area contributed by atoms with Gasteiger partial charge in [0.1, 0.15) is 5.69 Å². The average Bonchev–Trinajstić information content (AvgIpc) is 2.82. The molecule has 4 rings (SSSR count). The van der Waals surface area contributed by atoms with E-state index < -0.39 is 40.7 Å². The Bertz CT molecular complexity index is 1290. The van der Waals surface area contributed by atoms with Crippen molar-refractivity contribution >= 4 is 57.8 Å². The van der Waals surface area contributed by atoms with Crippen molar-refractivity contribution in [2.75, 3.05) is 41.3 Å². The number of benzene rings is 3. The molecule has 0 unspecified atom stereocenters. The third-order valence-electron chi connectivity index (χ3n) is 5.50. The first-order valence-electron chi connectivity index (χ1n) is 10.2. The Balaban J connectivity index is 1.46. The molecule has 0 radical (unpaired) electrons. The molecule has 1 fully saturated rings. The van der Waals surface area contributed by atoms with E-state index in [9.17, 15) is 26.7 Å². The summed E-state index contributed by atoms with van der Waals surface area (Å²) in [5.74, 6) is -10.4. The summed E-state index contributed by atoms with van der Waals surface area (Å²) < 4.78 is 68.8. The number of nitrogens with zero attached hydrogens (tertiary/aromatic N) is 2. The summed E-state index contributed by atoms with van der Waals surface area (Å²) in [7, 11) is 0. The standard InChI is InChI=1S/C23H15Cl3F5N3O/c24-11-1-3-13(14(25)9-11)23(35)32-12-2-4-16(15(26)10-12)33-5-7-34(8-6-33)22-20(30)18(28)17(27)19(29)21(22)31/h1-4,9-10H,5-8H2,(H,32,35). The Morgan fingerprint density at radius 2 is 1.29 bits per heavy atom. The molecule has 0 bridgehead atoms. The Morgan fingerprint density at radius 1 is 0.714 bits per heavy atom. The second-order valence-corrected chi connectivity index (χ2v) is 8.89. The van der Waals surface area contributed by atoms with Crippen LogP contribution in [0.1, 0.15) is 10.4 Å². The molecule has 0 spiro atoms. The zero-order valence-electron chi connectivity index (χ0n) is 17.6. The lowest BCUT2D eigenvalue weighted by molar-refractivity contribution is 0.102. The van der Waals surface area contributed by atoms with Crippen LogP contribution >= 0.6 is 34.8 Å². The highest BCUT2D eigenvalue weighted by molar-refractivity contribution is 6.37. The summed E-state index contributed by atoms with van der Waals surface area (Å²) in [5.41, 5.74) is 0.243. The van der Waals surface area contributed by atoms with Gasteiger partial charge in [0.15, 0.2) is 23.3 Å². The average molecular weight is 551 g/mol. The Hall–Kier alpha value is -2.75. The molecular formula is C23H15Cl3F5N3O. The van der Waals surface area contributed by atoms with Crippen molar-refractivity contribution in [3.8, 4) is 0 Å². The van der Waals surface area contributed by atoms with Gasteiger partial charge in [-0.1, -0.05) is 34.8 Å². The molecule has 1 aliphatic rings. The van der Waals surface area contributed by atoms with E-state index >= 15 is 0 Å². The third kappa shape index (κ3) is 4.98. The predicted octanol–water partition coefficient (Wildman–Crippen LogP) is 6.92. The Morgan fingerprint density at radius 3 is 1.86 bits per heavy atom. The highest BCUT2D eigenvalue weighted by Crippen LogP contribution is 2.34. The molecule has 184 valence electrons. The largest absolute Gasteiger partial charge is 0.367 e. The lowest BCUT2D eigenvalue weighted by atomic mass is 10.1. The molecule has 1 amide bonds. The fraction of sp³-hybridized carbons (Fsp3) is 0.174. The fourth-order valence-electron chi connectivity index (χ4n) is 3.76. The maximum Gasteiger partial charge on any atom is 0.257 e. The van der Waals surface area contributed by atoms with E-state index in [4.69, 9.17) is 34.8 Å². The van der Waals surface area contributed by atoms with Crippen molar-refractivity contribution in [2.45, 2.75) is 0 Å². The first kappa shape index (κ1) is 25.3. The van der Waals surface area contributed by atoms with Crippen LogP contribution in [0, 0.1) is 29.1 Å². The monoisotopic (exact) mass is 549 g/mol. The van der Waals surface area contributed by atoms with Gasteiger partial charge in [-0.05, 0) is 36.4 Å². The zero-order valence-corrected chi connectivity index (χ0v) is 19.9. The second kappa shape index (κ2) is 10.1. The van der Waals surface area contributed by atoms with Crippen LogP contribution in [0.15, 0.2) is 36.4 Å². The zero-order chi connectivity index (χ0) is 25.4. The number of amides is 1. The Kier molecular flexibility index (Phi) is 7.30. The number of halogens is 8. The van der Waals surface area contributed by atoms with Crippen molar-refractivity contribution in [3.05, 3.63) is 86.1 Å². The first-order valence-corrected chi connectivity index (χ1v) is 11.3. The summed E-state index contributed by atoms with van der Waals surface area (Å²) in [6, 6.07) is 9.24. The quantitative estimate of drug-likeness (QED) is 0.218. The van der Waals surface area contributed by atoms with Gasteiger partial charge in [0, 0.05) is 36.9 Å². The van der Waals surface area contributed by atoms with E-state index in [-0.39, 0.29) is 41.8 Å². The number of hydrogen-bond donors (Lipinski definition) is 1. The van der Waals surface area contributed by atoms with Crippen molar-refractivity contribution in [3.63, 3.8) is 0 Å². The van der Waals surface area contributed by atoms with Gasteiger partial charge in [0.05, 0.1) is 21.3 Å². The third-order valence-corrected chi connectivity index (χ3v) is 6.36. The van der Waals surface area contributed by atoms with Crippen LogP contribution in [0.2, 0.25) is 15.1 Å². The van der Waals surface area contributed by atoms with Crippen LogP contribution in [0.4, 0.5) is 39.0 Å². The number of anilines is 3. The van der Waals surface area contributed by atoms with E-state index in [2.05, 4.69) is 5.32 Å². The van der Waals surface area contributed by atoms with Gasteiger partial charge in [-0.15, -0.1) is 0 Å². The molecule has 1 saturated heterocycles. The van der Waals surface area contributed by atoms with Gasteiger partial charge in [0.2, 0.25) is 5.82 Å². The normalized spacial score (nSPS) is 13.8. The molecule has 12 heteroatoms. The predicted molar refractivity (Wildman–Crippen MR) is 127 cm³/mol. The molecule has 0 aliphatic carbocycles. The topological polar surface area (TPSA) is 35.6 Å². The van der Waals surface area contributed by atoms with Gasteiger partial charge in [-0.25, -0.2) is 22.0 Å². The highest BCUT2D eigenvalue weighted by Gasteiger charge is 2.31. The molecule has 0 saturated carbocycles. The van der Waals surface area contributed by atoms with Crippen LogP contribution in [0.25, 0.3) is 0 Å². The van der Waals surface area contributed by atoms with Crippen LogP contribution in [0.3, 0.4) is 0 Å². The molecular weight excluding hydrogens is 536 g/mol. The van der Waals surface area contributed by atoms with Crippen LogP contribution in [0.5, 0.6) is 0 Å². The summed E-state index contributed by atoms with van der Waals surface area (Å²) >= 11 is 18.3. The van der Waals surface area contributed by atoms with E-state index in [1.165, 1.54) is 24.3 Å². The molecule has 1 N–H and O–H groups in total. The molecule has 4 nitrogen and oxygen atoms in total. The van der Waals surface area contributed by atoms with Crippen LogP contribution < -0.4 is 15.1 Å². The molecule has 0 atom stereocenters. The summed E-state index contributed by atoms with van der Waals surface area (Å²) in [4.78, 5) is 15.4. The van der Waals surface area contributed by atoms with E-state index in [0.29, 0.717) is 16.4 Å². The second-order valence-electron chi connectivity index (χ2n) is 7.64. The van der Waals surface area contributed by atoms with Crippen LogP contribution in [-0.2, 0) is 0 Å². The van der Waals surface area contributed by atoms with Gasteiger partial charge >= 0.3 is 0 Å². The molecule has 3 aromatic carbocycles. The van der Waals surface area contributed by atoms with E-state index in [0.717, 1.165) is 4.90 Å². The number of hydrogen-bond acceptors (Lipinski definition) is 3. The fourth-order valence-corrected chi connectivity index (χ4v) is 4.55. The number of carbonyl (C=O) groups excluding carboxylic acids is 1. The lowest BCUT2D eigenvalue weighted by Crippen LogP contribution is -2.47. The van der Waals surface area contributed by atoms with Crippen molar-refractivity contribution < 1.29 is 26.7 Å². The molecule has 35 heavy (non-hydrogen) atoms. The maximum atomic E-state index is 14.1. The number of piperazine rings is 1. The molecule has 1 heterocycles. The van der Waals surface area contributed by atoms with Gasteiger partial charge in [-0.3, -0.25) is 4.79 Å². The number of nitrogens with one attached hydrogen (secondary N) is 1. The van der Waals surface area contributed by atoms with Gasteiger partial charge < -0.3 is 15.1 Å². The van der Waals surface area contributed by atoms with E-state index in [1.54, 1.807) is 17.0 Å². The highest BCUT2D eigenvalue weighted by atomic mass is 35.5. The molecule has 1 aliphatic heterocycles. The van der Waals surface area contributed by atoms with Crippen LogP contribution in [-0.4, -0.2) is 32.1 Å². The maximum absolute atomic E-state index is 14.1. The van der Waals surface area contributed by atoms with Gasteiger partial charge in [0.25, 0.3) is 5.91 Å². The van der Waals surface area contributed by atoms with Crippen molar-refractivity contribution in [1.29, 1.82) is 0 Å². The summed E-state index contributed by atoms with van der Waals surface area (Å²) in [6.07, 6.45) is 0. The van der Waals surface area contributed by atoms with Crippen molar-refractivity contribution in [1.82, 2.24) is 0 Å². The SMILES string of the molecule is O=C(Nc1ccc(N2CCN(c3c(F)c(F)c(F)c(F)c3F)CC2)c(Cl)c1)c1ccc(Cl)cc1Cl. The lowest BCUT2D eigenvalue weighted by Gasteiger charge is -2.38. The van der Waals surface area contributed by atoms with Gasteiger partial charge in [-0.2, -0.15) is 0 Å². The smallest absolute Gasteiger partial charge is 0.257 e. The minimum atomic E-state index is -2.19. The minimum absolute atomic E-state index is 0.0117. The minimum Gasteiger partial charge on any atom is -0.367 e. The Labute approximate surface area is 211 Å². The molecule has 3 aromatic rings. The first-order chi connectivity index (χ1) is 16.6. The van der Waals surface area contributed by atoms with E-state index in [1.807, 2.05) is 0 Å². The number of rotatable bonds is 4. The number of carbonyl (C=O) groups is 1.